The maximum Gasteiger partial charge on any atom is 0.235 e. The second-order valence-corrected chi connectivity index (χ2v) is 5.38. The molecule has 0 amide bonds. The minimum absolute atomic E-state index is 0.246. The van der Waals surface area contributed by atoms with Gasteiger partial charge in [-0.05, 0) is 29.8 Å². The van der Waals surface area contributed by atoms with Gasteiger partial charge in [0.2, 0.25) is 6.20 Å². The average Bonchev–Trinajstić information content (AvgIpc) is 2.52. The molecule has 0 aliphatic heterocycles. The number of benzene rings is 2. The Balaban J connectivity index is 2.14. The molecule has 0 unspecified atom stereocenters. The second kappa shape index (κ2) is 7.85. The fourth-order valence-electron chi connectivity index (χ4n) is 1.85. The zero-order valence-electron chi connectivity index (χ0n) is 12.2. The molecule has 2 aromatic rings. The molecule has 0 N–H and O–H groups in total. The largest absolute Gasteiger partial charge is 0.493 e. The van der Waals surface area contributed by atoms with E-state index in [0.717, 1.165) is 11.8 Å². The molecular weight excluding hydrogens is 341 g/mol. The Morgan fingerprint density at radius 2 is 1.96 bits per heavy atom. The molecule has 0 aromatic heterocycles. The zero-order valence-corrected chi connectivity index (χ0v) is 13.7. The Hall–Kier alpha value is -2.24. The summed E-state index contributed by atoms with van der Waals surface area (Å²) in [6.45, 7) is 0.246. The van der Waals surface area contributed by atoms with Crippen LogP contribution in [0.3, 0.4) is 0 Å². The lowest BCUT2D eigenvalue weighted by Gasteiger charge is -2.12. The molecule has 0 bridgehead atoms. The molecule has 0 saturated carbocycles. The van der Waals surface area contributed by atoms with Gasteiger partial charge in [0.15, 0.2) is 11.5 Å². The van der Waals surface area contributed by atoms with Crippen LogP contribution in [0.25, 0.3) is 6.08 Å². The van der Waals surface area contributed by atoms with Crippen molar-refractivity contribution in [2.45, 2.75) is 6.61 Å². The summed E-state index contributed by atoms with van der Waals surface area (Å²) in [4.78, 5) is 9.82. The van der Waals surface area contributed by atoms with E-state index in [-0.39, 0.29) is 6.61 Å². The topological polar surface area (TPSA) is 61.6 Å². The summed E-state index contributed by atoms with van der Waals surface area (Å²) in [6.07, 6.45) is 2.24. The van der Waals surface area contributed by atoms with Crippen molar-refractivity contribution in [2.75, 3.05) is 7.11 Å². The van der Waals surface area contributed by atoms with E-state index in [9.17, 15) is 10.1 Å². The van der Waals surface area contributed by atoms with Crippen LogP contribution in [0, 0.1) is 10.1 Å². The number of nitrogens with zero attached hydrogens (tertiary/aromatic N) is 1. The molecular formula is C16H13Cl2NO4. The van der Waals surface area contributed by atoms with Crippen molar-refractivity contribution in [2.24, 2.45) is 0 Å². The number of nitro groups is 1. The van der Waals surface area contributed by atoms with E-state index >= 15 is 0 Å². The van der Waals surface area contributed by atoms with Crippen molar-refractivity contribution in [3.05, 3.63) is 73.9 Å². The van der Waals surface area contributed by atoms with Crippen LogP contribution in [0.15, 0.2) is 42.6 Å². The predicted molar refractivity (Wildman–Crippen MR) is 89.8 cm³/mol. The minimum Gasteiger partial charge on any atom is -0.493 e. The van der Waals surface area contributed by atoms with Gasteiger partial charge in [-0.15, -0.1) is 0 Å². The van der Waals surface area contributed by atoms with Gasteiger partial charge in [-0.25, -0.2) is 0 Å². The quantitative estimate of drug-likeness (QED) is 0.551. The first-order valence-electron chi connectivity index (χ1n) is 6.56. The highest BCUT2D eigenvalue weighted by molar-refractivity contribution is 6.35. The molecule has 0 spiro atoms. The fraction of sp³-hybridized carbons (Fsp3) is 0.125. The highest BCUT2D eigenvalue weighted by Crippen LogP contribution is 2.30. The van der Waals surface area contributed by atoms with Crippen molar-refractivity contribution in [3.63, 3.8) is 0 Å². The molecule has 120 valence electrons. The first-order chi connectivity index (χ1) is 11.0. The molecule has 0 saturated heterocycles. The van der Waals surface area contributed by atoms with Gasteiger partial charge in [-0.3, -0.25) is 10.1 Å². The van der Waals surface area contributed by atoms with Gasteiger partial charge in [0.1, 0.15) is 6.61 Å². The molecule has 5 nitrogen and oxygen atoms in total. The summed E-state index contributed by atoms with van der Waals surface area (Å²) < 4.78 is 11.0. The molecule has 7 heteroatoms. The van der Waals surface area contributed by atoms with Gasteiger partial charge in [0, 0.05) is 21.7 Å². The third-order valence-electron chi connectivity index (χ3n) is 2.97. The van der Waals surface area contributed by atoms with Gasteiger partial charge >= 0.3 is 0 Å². The van der Waals surface area contributed by atoms with Gasteiger partial charge in [-0.2, -0.15) is 0 Å². The second-order valence-electron chi connectivity index (χ2n) is 4.54. The van der Waals surface area contributed by atoms with Crippen molar-refractivity contribution >= 4 is 29.3 Å². The fourth-order valence-corrected chi connectivity index (χ4v) is 2.31. The third kappa shape index (κ3) is 4.87. The zero-order chi connectivity index (χ0) is 16.8. The van der Waals surface area contributed by atoms with Crippen molar-refractivity contribution in [1.29, 1.82) is 0 Å². The van der Waals surface area contributed by atoms with Crippen molar-refractivity contribution < 1.29 is 14.4 Å². The number of hydrogen-bond donors (Lipinski definition) is 0. The van der Waals surface area contributed by atoms with Gasteiger partial charge in [0.25, 0.3) is 0 Å². The Morgan fingerprint density at radius 3 is 2.61 bits per heavy atom. The average molecular weight is 354 g/mol. The Labute approximate surface area is 143 Å². The van der Waals surface area contributed by atoms with E-state index in [1.54, 1.807) is 36.4 Å². The van der Waals surface area contributed by atoms with Crippen molar-refractivity contribution in [3.8, 4) is 11.5 Å². The highest BCUT2D eigenvalue weighted by Gasteiger charge is 2.08. The Bertz CT molecular complexity index is 747. The number of rotatable bonds is 6. The molecule has 0 aliphatic rings. The Morgan fingerprint density at radius 1 is 1.17 bits per heavy atom. The van der Waals surface area contributed by atoms with Crippen LogP contribution in [0.4, 0.5) is 0 Å². The van der Waals surface area contributed by atoms with E-state index in [1.165, 1.54) is 13.2 Å². The van der Waals surface area contributed by atoms with Crippen LogP contribution in [0.5, 0.6) is 11.5 Å². The lowest BCUT2D eigenvalue weighted by molar-refractivity contribution is -0.400. The summed E-state index contributed by atoms with van der Waals surface area (Å²) >= 11 is 11.9. The lowest BCUT2D eigenvalue weighted by Crippen LogP contribution is -1.98. The van der Waals surface area contributed by atoms with Gasteiger partial charge < -0.3 is 9.47 Å². The minimum atomic E-state index is -0.528. The van der Waals surface area contributed by atoms with Crippen LogP contribution >= 0.6 is 23.2 Å². The summed E-state index contributed by atoms with van der Waals surface area (Å²) in [5, 5.41) is 11.4. The molecule has 0 fully saturated rings. The van der Waals surface area contributed by atoms with E-state index in [1.807, 2.05) is 0 Å². The third-order valence-corrected chi connectivity index (χ3v) is 3.56. The monoisotopic (exact) mass is 353 g/mol. The summed E-state index contributed by atoms with van der Waals surface area (Å²) in [7, 11) is 1.50. The predicted octanol–water partition coefficient (Wildman–Crippen LogP) is 4.83. The smallest absolute Gasteiger partial charge is 0.235 e. The lowest BCUT2D eigenvalue weighted by atomic mass is 10.2. The maximum atomic E-state index is 10.4. The van der Waals surface area contributed by atoms with E-state index in [2.05, 4.69) is 0 Å². The van der Waals surface area contributed by atoms with Crippen LogP contribution < -0.4 is 9.47 Å². The summed E-state index contributed by atoms with van der Waals surface area (Å²) in [6, 6.07) is 10.2. The highest BCUT2D eigenvalue weighted by atomic mass is 35.5. The molecule has 23 heavy (non-hydrogen) atoms. The number of methoxy groups -OCH3 is 1. The molecule has 0 radical (unpaired) electrons. The van der Waals surface area contributed by atoms with Crippen LogP contribution in [-0.2, 0) is 6.61 Å². The number of hydrogen-bond acceptors (Lipinski definition) is 4. The van der Waals surface area contributed by atoms with E-state index in [4.69, 9.17) is 32.7 Å². The number of ether oxygens (including phenoxy) is 2. The molecule has 2 aromatic carbocycles. The van der Waals surface area contributed by atoms with Gasteiger partial charge in [-0.1, -0.05) is 35.3 Å². The van der Waals surface area contributed by atoms with Crippen LogP contribution in [0.2, 0.25) is 10.0 Å². The van der Waals surface area contributed by atoms with E-state index in [0.29, 0.717) is 27.1 Å². The first kappa shape index (κ1) is 17.1. The van der Waals surface area contributed by atoms with E-state index < -0.39 is 4.92 Å². The standard InChI is InChI=1S/C16H13Cl2NO4/c1-22-16-8-11(6-7-19(20)21)2-5-15(16)23-10-12-3-4-13(17)9-14(12)18/h2-9H,10H2,1H3/b7-6+. The SMILES string of the molecule is COc1cc(/C=C/[N+](=O)[O-])ccc1OCc1ccc(Cl)cc1Cl. The number of halogens is 2. The molecule has 0 aliphatic carbocycles. The normalized spacial score (nSPS) is 10.7. The maximum absolute atomic E-state index is 10.4. The first-order valence-corrected chi connectivity index (χ1v) is 7.31. The van der Waals surface area contributed by atoms with Crippen LogP contribution in [-0.4, -0.2) is 12.0 Å². The summed E-state index contributed by atoms with van der Waals surface area (Å²) in [5.74, 6) is 0.984. The molecule has 0 heterocycles. The summed E-state index contributed by atoms with van der Waals surface area (Å²) in [5.41, 5.74) is 1.42. The molecule has 0 atom stereocenters. The molecule has 2 rings (SSSR count). The van der Waals surface area contributed by atoms with Crippen molar-refractivity contribution in [1.82, 2.24) is 0 Å². The Kier molecular flexibility index (Phi) is 5.84. The van der Waals surface area contributed by atoms with Gasteiger partial charge in [0.05, 0.1) is 12.0 Å². The van der Waals surface area contributed by atoms with Crippen LogP contribution in [0.1, 0.15) is 11.1 Å².